The van der Waals surface area contributed by atoms with Crippen molar-refractivity contribution in [2.75, 3.05) is 4.72 Å². The molecule has 188 valence electrons. The summed E-state index contributed by atoms with van der Waals surface area (Å²) >= 11 is -1.83. The van der Waals surface area contributed by atoms with Gasteiger partial charge in [-0.05, 0) is 48.7 Å². The summed E-state index contributed by atoms with van der Waals surface area (Å²) in [5, 5.41) is 0.391. The van der Waals surface area contributed by atoms with Gasteiger partial charge in [0.15, 0.2) is 10.7 Å². The van der Waals surface area contributed by atoms with E-state index in [0.29, 0.717) is 33.2 Å². The van der Waals surface area contributed by atoms with Crippen LogP contribution in [-0.2, 0) is 11.4 Å². The Balaban J connectivity index is 1.47. The van der Waals surface area contributed by atoms with Crippen LogP contribution in [0.15, 0.2) is 66.0 Å². The summed E-state index contributed by atoms with van der Waals surface area (Å²) < 4.78 is 45.6. The maximum atomic E-state index is 15.5. The van der Waals surface area contributed by atoms with Gasteiger partial charge in [0, 0.05) is 35.1 Å². The van der Waals surface area contributed by atoms with Crippen molar-refractivity contribution in [1.82, 2.24) is 19.9 Å². The SMILES string of the molecule is Cc1c[nH]c(-c2cnc3[nH]cc(C(=O)c4c(F)ccc(N[S+]([O-])c5ccc(C(C)C)cc5)c4F)c3c2)n1. The quantitative estimate of drug-likeness (QED) is 0.180. The lowest BCUT2D eigenvalue weighted by atomic mass is 10.0. The summed E-state index contributed by atoms with van der Waals surface area (Å²) in [7, 11) is 0. The van der Waals surface area contributed by atoms with E-state index in [1.165, 1.54) is 6.20 Å². The van der Waals surface area contributed by atoms with E-state index in [4.69, 9.17) is 0 Å². The van der Waals surface area contributed by atoms with Gasteiger partial charge in [0.1, 0.15) is 34.3 Å². The molecule has 2 aromatic carbocycles. The number of nitrogens with one attached hydrogen (secondary N) is 3. The van der Waals surface area contributed by atoms with Crippen molar-refractivity contribution in [1.29, 1.82) is 0 Å². The van der Waals surface area contributed by atoms with Crippen LogP contribution >= 0.6 is 0 Å². The average molecular weight is 520 g/mol. The largest absolute Gasteiger partial charge is 0.588 e. The van der Waals surface area contributed by atoms with Crippen molar-refractivity contribution in [2.24, 2.45) is 0 Å². The third-order valence-corrected chi connectivity index (χ3v) is 7.14. The fourth-order valence-electron chi connectivity index (χ4n) is 3.99. The van der Waals surface area contributed by atoms with Crippen LogP contribution in [0.5, 0.6) is 0 Å². The first kappa shape index (κ1) is 24.7. The van der Waals surface area contributed by atoms with Crippen LogP contribution in [0.4, 0.5) is 14.5 Å². The fourth-order valence-corrected chi connectivity index (χ4v) is 4.85. The minimum absolute atomic E-state index is 0.0491. The highest BCUT2D eigenvalue weighted by molar-refractivity contribution is 7.92. The third-order valence-electron chi connectivity index (χ3n) is 6.04. The number of fused-ring (bicyclic) bond motifs is 1. The lowest BCUT2D eigenvalue weighted by molar-refractivity contribution is 0.103. The number of carbonyl (C=O) groups is 1. The molecule has 3 heterocycles. The average Bonchev–Trinajstić information content (AvgIpc) is 3.51. The predicted octanol–water partition coefficient (Wildman–Crippen LogP) is 6.03. The Morgan fingerprint density at radius 3 is 2.51 bits per heavy atom. The molecule has 10 heteroatoms. The zero-order valence-electron chi connectivity index (χ0n) is 20.2. The van der Waals surface area contributed by atoms with E-state index in [9.17, 15) is 13.7 Å². The Morgan fingerprint density at radius 1 is 1.08 bits per heavy atom. The summed E-state index contributed by atoms with van der Waals surface area (Å²) in [6.45, 7) is 5.91. The summed E-state index contributed by atoms with van der Waals surface area (Å²) in [6.07, 6.45) is 4.68. The highest BCUT2D eigenvalue weighted by atomic mass is 32.2. The molecule has 0 aliphatic heterocycles. The van der Waals surface area contributed by atoms with Crippen LogP contribution in [0.3, 0.4) is 0 Å². The van der Waals surface area contributed by atoms with Crippen molar-refractivity contribution < 1.29 is 18.1 Å². The Bertz CT molecular complexity index is 1610. The number of pyridine rings is 1. The number of halogens is 2. The molecular weight excluding hydrogens is 496 g/mol. The molecule has 0 aliphatic rings. The zero-order valence-corrected chi connectivity index (χ0v) is 21.0. The molecule has 0 saturated carbocycles. The van der Waals surface area contributed by atoms with Crippen LogP contribution < -0.4 is 4.72 Å². The van der Waals surface area contributed by atoms with E-state index >= 15 is 4.39 Å². The van der Waals surface area contributed by atoms with Crippen molar-refractivity contribution in [2.45, 2.75) is 31.6 Å². The van der Waals surface area contributed by atoms with Crippen molar-refractivity contribution >= 4 is 33.9 Å². The molecule has 0 fully saturated rings. The molecule has 0 spiro atoms. The van der Waals surface area contributed by atoms with E-state index in [1.54, 1.807) is 30.6 Å². The lowest BCUT2D eigenvalue weighted by Crippen LogP contribution is -2.16. The van der Waals surface area contributed by atoms with E-state index < -0.39 is 34.3 Å². The van der Waals surface area contributed by atoms with Gasteiger partial charge in [0.25, 0.3) is 0 Å². The molecule has 0 bridgehead atoms. The number of H-pyrrole nitrogens is 2. The van der Waals surface area contributed by atoms with Gasteiger partial charge in [-0.3, -0.25) is 4.79 Å². The number of aryl methyl sites for hydroxylation is 1. The first-order chi connectivity index (χ1) is 17.7. The Kier molecular flexibility index (Phi) is 6.53. The van der Waals surface area contributed by atoms with Crippen LogP contribution in [0.25, 0.3) is 22.4 Å². The second kappa shape index (κ2) is 9.79. The van der Waals surface area contributed by atoms with Gasteiger partial charge in [-0.1, -0.05) is 26.0 Å². The molecule has 1 atom stereocenters. The Hall–Kier alpha value is -4.02. The monoisotopic (exact) mass is 519 g/mol. The molecule has 3 aromatic heterocycles. The number of imidazole rings is 1. The van der Waals surface area contributed by atoms with Crippen molar-refractivity contribution in [3.8, 4) is 11.4 Å². The van der Waals surface area contributed by atoms with E-state index in [2.05, 4.69) is 24.7 Å². The number of aromatic nitrogens is 4. The van der Waals surface area contributed by atoms with E-state index in [1.807, 2.05) is 32.9 Å². The molecule has 5 aromatic rings. The maximum absolute atomic E-state index is 15.5. The van der Waals surface area contributed by atoms with Gasteiger partial charge in [-0.15, -0.1) is 0 Å². The highest BCUT2D eigenvalue weighted by Crippen LogP contribution is 2.30. The van der Waals surface area contributed by atoms with E-state index in [0.717, 1.165) is 23.4 Å². The van der Waals surface area contributed by atoms with Gasteiger partial charge in [-0.25, -0.2) is 23.5 Å². The number of aromatic amines is 2. The van der Waals surface area contributed by atoms with Crippen LogP contribution in [0.1, 0.15) is 46.9 Å². The number of hydrogen-bond acceptors (Lipinski definition) is 5. The maximum Gasteiger partial charge on any atom is 0.201 e. The number of ketones is 1. The molecule has 3 N–H and O–H groups in total. The summed E-state index contributed by atoms with van der Waals surface area (Å²) in [5.41, 5.74) is 1.90. The number of rotatable bonds is 7. The Morgan fingerprint density at radius 2 is 1.84 bits per heavy atom. The molecule has 37 heavy (non-hydrogen) atoms. The van der Waals surface area contributed by atoms with Crippen molar-refractivity contribution in [3.05, 3.63) is 95.1 Å². The van der Waals surface area contributed by atoms with Gasteiger partial charge in [-0.2, -0.15) is 0 Å². The van der Waals surface area contributed by atoms with Gasteiger partial charge in [0.2, 0.25) is 5.78 Å². The third kappa shape index (κ3) is 4.73. The van der Waals surface area contributed by atoms with Crippen LogP contribution in [-0.4, -0.2) is 30.3 Å². The second-order valence-electron chi connectivity index (χ2n) is 8.92. The minimum Gasteiger partial charge on any atom is -0.588 e. The fraction of sp³-hybridized carbons (Fsp3) is 0.148. The number of carbonyl (C=O) groups excluding carboxylic acids is 1. The van der Waals surface area contributed by atoms with Gasteiger partial charge >= 0.3 is 0 Å². The van der Waals surface area contributed by atoms with Crippen LogP contribution in [0, 0.1) is 18.6 Å². The summed E-state index contributed by atoms with van der Waals surface area (Å²) in [5.74, 6) is -2.17. The van der Waals surface area contributed by atoms with Gasteiger partial charge < -0.3 is 14.5 Å². The normalized spacial score (nSPS) is 12.3. The Labute approximate surface area is 214 Å². The van der Waals surface area contributed by atoms with Gasteiger partial charge in [0.05, 0.1) is 11.3 Å². The second-order valence-corrected chi connectivity index (χ2v) is 10.1. The predicted molar refractivity (Wildman–Crippen MR) is 139 cm³/mol. The summed E-state index contributed by atoms with van der Waals surface area (Å²) in [4.78, 5) is 28.4. The topological polar surface area (TPSA) is 110 Å². The summed E-state index contributed by atoms with van der Waals surface area (Å²) in [6, 6.07) is 10.8. The molecule has 7 nitrogen and oxygen atoms in total. The molecule has 5 rings (SSSR count). The molecule has 1 unspecified atom stereocenters. The zero-order chi connectivity index (χ0) is 26.3. The van der Waals surface area contributed by atoms with Crippen LogP contribution in [0.2, 0.25) is 0 Å². The molecule has 0 saturated heterocycles. The first-order valence-electron chi connectivity index (χ1n) is 11.5. The van der Waals surface area contributed by atoms with Crippen molar-refractivity contribution in [3.63, 3.8) is 0 Å². The molecular formula is C27H23F2N5O2S. The molecule has 0 amide bonds. The molecule has 0 aliphatic carbocycles. The molecule has 0 radical (unpaired) electrons. The number of anilines is 1. The standard InChI is InChI=1S/C27H23F2N5O2S/c1-14(2)16-4-6-18(7-5-16)37(36)34-22-9-8-21(28)23(24(22)29)25(35)20-13-32-27-19(20)10-17(12-31-27)26-30-11-15(3)33-26/h4-14,34H,1-3H3,(H,30,33)(H,31,32). The number of hydrogen-bond donors (Lipinski definition) is 3. The smallest absolute Gasteiger partial charge is 0.201 e. The number of benzene rings is 2. The first-order valence-corrected chi connectivity index (χ1v) is 12.7. The minimum atomic E-state index is -1.83. The van der Waals surface area contributed by atoms with E-state index in [-0.39, 0.29) is 11.3 Å². The number of nitrogens with zero attached hydrogens (tertiary/aromatic N) is 2. The lowest BCUT2D eigenvalue weighted by Gasteiger charge is -2.14. The highest BCUT2D eigenvalue weighted by Gasteiger charge is 2.26.